The number of piperidine rings is 1. The van der Waals surface area contributed by atoms with Crippen LogP contribution in [0.4, 0.5) is 4.39 Å². The third-order valence-corrected chi connectivity index (χ3v) is 1.73. The van der Waals surface area contributed by atoms with Crippen molar-refractivity contribution < 1.29 is 4.39 Å². The Morgan fingerprint density at radius 1 is 1.56 bits per heavy atom. The Bertz CT molecular complexity index is 69.5. The number of hydrogen-bond acceptors (Lipinski definition) is 1. The van der Waals surface area contributed by atoms with E-state index in [9.17, 15) is 4.39 Å². The van der Waals surface area contributed by atoms with Crippen molar-refractivity contribution in [3.8, 4) is 0 Å². The van der Waals surface area contributed by atoms with Gasteiger partial charge in [0.25, 0.3) is 0 Å². The molecule has 1 nitrogen and oxygen atoms in total. The highest BCUT2D eigenvalue weighted by Crippen LogP contribution is 2.13. The molecular weight excluding hydrogens is 141 g/mol. The average Bonchev–Trinajstić information content (AvgIpc) is 1.77. The van der Waals surface area contributed by atoms with Crippen LogP contribution in [0.2, 0.25) is 0 Å². The highest BCUT2D eigenvalue weighted by Gasteiger charge is 2.18. The SMILES string of the molecule is C[C@H]1CCNC[C@@H]1F.Cl. The maximum atomic E-state index is 12.5. The van der Waals surface area contributed by atoms with Gasteiger partial charge < -0.3 is 5.32 Å². The lowest BCUT2D eigenvalue weighted by Gasteiger charge is -2.22. The van der Waals surface area contributed by atoms with Crippen molar-refractivity contribution in [3.63, 3.8) is 0 Å². The number of nitrogens with one attached hydrogen (secondary N) is 1. The molecule has 1 saturated heterocycles. The molecule has 2 atom stereocenters. The maximum absolute atomic E-state index is 12.5. The Morgan fingerprint density at radius 2 is 2.22 bits per heavy atom. The summed E-state index contributed by atoms with van der Waals surface area (Å²) < 4.78 is 12.5. The average molecular weight is 154 g/mol. The fourth-order valence-corrected chi connectivity index (χ4v) is 0.952. The topological polar surface area (TPSA) is 12.0 Å². The van der Waals surface area contributed by atoms with Crippen molar-refractivity contribution in [2.75, 3.05) is 13.1 Å². The molecule has 0 amide bonds. The summed E-state index contributed by atoms with van der Waals surface area (Å²) in [5.41, 5.74) is 0. The number of rotatable bonds is 0. The van der Waals surface area contributed by atoms with E-state index in [-0.39, 0.29) is 18.3 Å². The normalized spacial score (nSPS) is 35.3. The monoisotopic (exact) mass is 153 g/mol. The zero-order valence-corrected chi connectivity index (χ0v) is 6.38. The van der Waals surface area contributed by atoms with Gasteiger partial charge in [-0.05, 0) is 18.9 Å². The summed E-state index contributed by atoms with van der Waals surface area (Å²) in [4.78, 5) is 0. The van der Waals surface area contributed by atoms with Gasteiger partial charge in [-0.2, -0.15) is 0 Å². The second kappa shape index (κ2) is 4.07. The summed E-state index contributed by atoms with van der Waals surface area (Å²) in [6.07, 6.45) is 0.380. The zero-order valence-electron chi connectivity index (χ0n) is 5.56. The molecule has 1 heterocycles. The first-order valence-electron chi connectivity index (χ1n) is 3.15. The number of alkyl halides is 1. The molecule has 3 heteroatoms. The van der Waals surface area contributed by atoms with Gasteiger partial charge in [0.1, 0.15) is 6.17 Å². The van der Waals surface area contributed by atoms with Gasteiger partial charge in [0.15, 0.2) is 0 Å². The lowest BCUT2D eigenvalue weighted by atomic mass is 9.99. The van der Waals surface area contributed by atoms with Crippen LogP contribution in [0.1, 0.15) is 13.3 Å². The summed E-state index contributed by atoms with van der Waals surface area (Å²) in [6.45, 7) is 3.51. The van der Waals surface area contributed by atoms with Gasteiger partial charge >= 0.3 is 0 Å². The second-order valence-electron chi connectivity index (χ2n) is 2.49. The molecule has 1 rings (SSSR count). The Balaban J connectivity index is 0.000000640. The first-order valence-corrected chi connectivity index (χ1v) is 3.15. The molecule has 1 aliphatic heterocycles. The van der Waals surface area contributed by atoms with E-state index in [1.54, 1.807) is 0 Å². The van der Waals surface area contributed by atoms with Gasteiger partial charge in [-0.1, -0.05) is 6.92 Å². The number of hydrogen-bond donors (Lipinski definition) is 1. The first-order chi connectivity index (χ1) is 3.80. The van der Waals surface area contributed by atoms with Crippen LogP contribution in [0.15, 0.2) is 0 Å². The largest absolute Gasteiger partial charge is 0.314 e. The molecule has 9 heavy (non-hydrogen) atoms. The number of halogens is 2. The standard InChI is InChI=1S/C6H12FN.ClH/c1-5-2-3-8-4-6(5)7;/h5-6,8H,2-4H2,1H3;1H/t5-,6-;/m0./s1. The smallest absolute Gasteiger partial charge is 0.115 e. The van der Waals surface area contributed by atoms with Gasteiger partial charge in [-0.3, -0.25) is 0 Å². The minimum Gasteiger partial charge on any atom is -0.314 e. The minimum absolute atomic E-state index is 0. The van der Waals surface area contributed by atoms with Crippen LogP contribution >= 0.6 is 12.4 Å². The van der Waals surface area contributed by atoms with Crippen LogP contribution in [-0.4, -0.2) is 19.3 Å². The molecule has 0 radical (unpaired) electrons. The third-order valence-electron chi connectivity index (χ3n) is 1.73. The van der Waals surface area contributed by atoms with Crippen LogP contribution < -0.4 is 5.32 Å². The van der Waals surface area contributed by atoms with Crippen LogP contribution in [0, 0.1) is 5.92 Å². The summed E-state index contributed by atoms with van der Waals surface area (Å²) in [5, 5.41) is 2.99. The molecule has 0 unspecified atom stereocenters. The molecular formula is C6H13ClFN. The zero-order chi connectivity index (χ0) is 5.98. The second-order valence-corrected chi connectivity index (χ2v) is 2.49. The molecule has 1 N–H and O–H groups in total. The van der Waals surface area contributed by atoms with E-state index in [1.807, 2.05) is 6.92 Å². The molecule has 0 spiro atoms. The van der Waals surface area contributed by atoms with Crippen molar-refractivity contribution >= 4 is 12.4 Å². The molecule has 0 aliphatic carbocycles. The summed E-state index contributed by atoms with van der Waals surface area (Å²) in [5.74, 6) is 0.274. The molecule has 0 saturated carbocycles. The van der Waals surface area contributed by atoms with Crippen molar-refractivity contribution in [3.05, 3.63) is 0 Å². The van der Waals surface area contributed by atoms with E-state index in [0.717, 1.165) is 13.0 Å². The summed E-state index contributed by atoms with van der Waals surface area (Å²) >= 11 is 0. The van der Waals surface area contributed by atoms with Crippen molar-refractivity contribution in [1.29, 1.82) is 0 Å². The fraction of sp³-hybridized carbons (Fsp3) is 1.00. The molecule has 56 valence electrons. The van der Waals surface area contributed by atoms with E-state index in [0.29, 0.717) is 6.54 Å². The van der Waals surface area contributed by atoms with Crippen molar-refractivity contribution in [1.82, 2.24) is 5.32 Å². The minimum atomic E-state index is -0.608. The Kier molecular flexibility index (Phi) is 4.15. The first kappa shape index (κ1) is 9.18. The molecule has 1 fully saturated rings. The highest BCUT2D eigenvalue weighted by atomic mass is 35.5. The van der Waals surface area contributed by atoms with E-state index < -0.39 is 6.17 Å². The Morgan fingerprint density at radius 3 is 2.56 bits per heavy atom. The van der Waals surface area contributed by atoms with Crippen molar-refractivity contribution in [2.45, 2.75) is 19.5 Å². The quantitative estimate of drug-likeness (QED) is 0.555. The maximum Gasteiger partial charge on any atom is 0.115 e. The summed E-state index contributed by atoms with van der Waals surface area (Å²) in [6, 6.07) is 0. The molecule has 0 aromatic carbocycles. The van der Waals surface area contributed by atoms with Gasteiger partial charge in [0.05, 0.1) is 0 Å². The third kappa shape index (κ3) is 2.50. The molecule has 0 aromatic heterocycles. The fourth-order valence-electron chi connectivity index (χ4n) is 0.952. The van der Waals surface area contributed by atoms with E-state index in [2.05, 4.69) is 5.32 Å². The van der Waals surface area contributed by atoms with Crippen LogP contribution in [0.25, 0.3) is 0 Å². The van der Waals surface area contributed by atoms with Gasteiger partial charge in [-0.25, -0.2) is 4.39 Å². The lowest BCUT2D eigenvalue weighted by Crippen LogP contribution is -2.36. The van der Waals surface area contributed by atoms with Gasteiger partial charge in [0.2, 0.25) is 0 Å². The Hall–Kier alpha value is 0.180. The van der Waals surface area contributed by atoms with Crippen LogP contribution in [-0.2, 0) is 0 Å². The molecule has 1 aliphatic rings. The van der Waals surface area contributed by atoms with E-state index in [1.165, 1.54) is 0 Å². The van der Waals surface area contributed by atoms with E-state index >= 15 is 0 Å². The van der Waals surface area contributed by atoms with Gasteiger partial charge in [-0.15, -0.1) is 12.4 Å². The lowest BCUT2D eigenvalue weighted by molar-refractivity contribution is 0.194. The molecule has 0 bridgehead atoms. The van der Waals surface area contributed by atoms with E-state index in [4.69, 9.17) is 0 Å². The predicted octanol–water partition coefficient (Wildman–Crippen LogP) is 1.38. The van der Waals surface area contributed by atoms with Crippen LogP contribution in [0.3, 0.4) is 0 Å². The molecule has 0 aromatic rings. The predicted molar refractivity (Wildman–Crippen MR) is 38.8 cm³/mol. The van der Waals surface area contributed by atoms with Crippen molar-refractivity contribution in [2.24, 2.45) is 5.92 Å². The highest BCUT2D eigenvalue weighted by molar-refractivity contribution is 5.85. The van der Waals surface area contributed by atoms with Crippen LogP contribution in [0.5, 0.6) is 0 Å². The Labute approximate surface area is 61.4 Å². The summed E-state index contributed by atoms with van der Waals surface area (Å²) in [7, 11) is 0. The van der Waals surface area contributed by atoms with Gasteiger partial charge in [0, 0.05) is 6.54 Å².